The summed E-state index contributed by atoms with van der Waals surface area (Å²) >= 11 is 0. The van der Waals surface area contributed by atoms with E-state index in [0.29, 0.717) is 5.69 Å². The van der Waals surface area contributed by atoms with E-state index in [1.807, 2.05) is 13.8 Å². The fourth-order valence-electron chi connectivity index (χ4n) is 1.88. The van der Waals surface area contributed by atoms with Crippen molar-refractivity contribution in [1.82, 2.24) is 4.57 Å². The predicted molar refractivity (Wildman–Crippen MR) is 68.3 cm³/mol. The van der Waals surface area contributed by atoms with Gasteiger partial charge in [0.15, 0.2) is 9.84 Å². The molecule has 0 aliphatic carbocycles. The Morgan fingerprint density at radius 3 is 2.17 bits per heavy atom. The van der Waals surface area contributed by atoms with Crippen molar-refractivity contribution in [2.75, 3.05) is 6.26 Å². The van der Waals surface area contributed by atoms with Crippen LogP contribution in [-0.4, -0.2) is 19.2 Å². The molecule has 1 aromatic heterocycles. The zero-order valence-electron chi connectivity index (χ0n) is 10.4. The van der Waals surface area contributed by atoms with E-state index < -0.39 is 9.84 Å². The second kappa shape index (κ2) is 4.24. The van der Waals surface area contributed by atoms with Crippen molar-refractivity contribution in [2.24, 2.45) is 0 Å². The molecular weight excluding hydrogens is 253 g/mol. The van der Waals surface area contributed by atoms with Gasteiger partial charge >= 0.3 is 0 Å². The standard InChI is InChI=1S/C13H14FNO2S/c1-9-8-13(18(3,16)17)15(10(9)2)12-6-4-11(14)5-7-12/h4-8H,1-3H3. The molecule has 96 valence electrons. The molecule has 2 aromatic rings. The Bertz CT molecular complexity index is 685. The van der Waals surface area contributed by atoms with Gasteiger partial charge in [-0.05, 0) is 49.7 Å². The van der Waals surface area contributed by atoms with Crippen molar-refractivity contribution in [3.63, 3.8) is 0 Å². The molecule has 0 N–H and O–H groups in total. The molecule has 2 rings (SSSR count). The lowest BCUT2D eigenvalue weighted by atomic mass is 10.3. The molecule has 0 bridgehead atoms. The van der Waals surface area contributed by atoms with Crippen LogP contribution in [0.4, 0.5) is 4.39 Å². The van der Waals surface area contributed by atoms with E-state index in [-0.39, 0.29) is 10.8 Å². The van der Waals surface area contributed by atoms with Crippen LogP contribution in [0, 0.1) is 19.7 Å². The maximum absolute atomic E-state index is 12.9. The van der Waals surface area contributed by atoms with Crippen LogP contribution in [0.3, 0.4) is 0 Å². The van der Waals surface area contributed by atoms with Gasteiger partial charge in [-0.3, -0.25) is 0 Å². The van der Waals surface area contributed by atoms with Crippen molar-refractivity contribution in [3.05, 3.63) is 47.4 Å². The van der Waals surface area contributed by atoms with Crippen LogP contribution in [0.2, 0.25) is 0 Å². The van der Waals surface area contributed by atoms with Gasteiger partial charge in [-0.2, -0.15) is 0 Å². The number of aromatic nitrogens is 1. The van der Waals surface area contributed by atoms with E-state index in [1.165, 1.54) is 18.4 Å². The maximum Gasteiger partial charge on any atom is 0.191 e. The van der Waals surface area contributed by atoms with Crippen LogP contribution in [0.5, 0.6) is 0 Å². The third-order valence-electron chi connectivity index (χ3n) is 2.93. The molecule has 0 saturated carbocycles. The molecule has 0 atom stereocenters. The molecular formula is C13H14FNO2S. The van der Waals surface area contributed by atoms with Gasteiger partial charge in [0.1, 0.15) is 10.8 Å². The summed E-state index contributed by atoms with van der Waals surface area (Å²) in [6.07, 6.45) is 1.17. The summed E-state index contributed by atoms with van der Waals surface area (Å²) in [6, 6.07) is 7.40. The van der Waals surface area contributed by atoms with Crippen LogP contribution in [0.1, 0.15) is 11.3 Å². The number of aryl methyl sites for hydroxylation is 1. The van der Waals surface area contributed by atoms with Gasteiger partial charge in [-0.15, -0.1) is 0 Å². The number of rotatable bonds is 2. The summed E-state index contributed by atoms with van der Waals surface area (Å²) in [5.41, 5.74) is 2.37. The third kappa shape index (κ3) is 2.18. The average Bonchev–Trinajstić information content (AvgIpc) is 2.57. The molecule has 0 saturated heterocycles. The molecule has 18 heavy (non-hydrogen) atoms. The molecule has 0 unspecified atom stereocenters. The van der Waals surface area contributed by atoms with E-state index in [4.69, 9.17) is 0 Å². The van der Waals surface area contributed by atoms with E-state index in [2.05, 4.69) is 0 Å². The Morgan fingerprint density at radius 2 is 1.67 bits per heavy atom. The fraction of sp³-hybridized carbons (Fsp3) is 0.231. The van der Waals surface area contributed by atoms with Crippen molar-refractivity contribution in [1.29, 1.82) is 0 Å². The fourth-order valence-corrected chi connectivity index (χ4v) is 2.84. The monoisotopic (exact) mass is 267 g/mol. The van der Waals surface area contributed by atoms with Crippen LogP contribution in [0.15, 0.2) is 35.4 Å². The second-order valence-corrected chi connectivity index (χ2v) is 6.30. The number of hydrogen-bond donors (Lipinski definition) is 0. The first-order chi connectivity index (χ1) is 8.30. The van der Waals surface area contributed by atoms with E-state index in [0.717, 1.165) is 11.3 Å². The Labute approximate surface area is 106 Å². The van der Waals surface area contributed by atoms with Gasteiger partial charge < -0.3 is 4.57 Å². The van der Waals surface area contributed by atoms with Crippen molar-refractivity contribution >= 4 is 9.84 Å². The SMILES string of the molecule is Cc1cc(S(C)(=O)=O)n(-c2ccc(F)cc2)c1C. The van der Waals surface area contributed by atoms with Gasteiger partial charge in [0.25, 0.3) is 0 Å². The lowest BCUT2D eigenvalue weighted by Gasteiger charge is -2.10. The summed E-state index contributed by atoms with van der Waals surface area (Å²) in [5, 5.41) is 0.226. The molecule has 0 amide bonds. The molecule has 0 aliphatic heterocycles. The topological polar surface area (TPSA) is 39.1 Å². The van der Waals surface area contributed by atoms with E-state index >= 15 is 0 Å². The number of benzene rings is 1. The minimum atomic E-state index is -3.32. The highest BCUT2D eigenvalue weighted by Crippen LogP contribution is 2.24. The third-order valence-corrected chi connectivity index (χ3v) is 3.99. The zero-order chi connectivity index (χ0) is 13.5. The number of hydrogen-bond acceptors (Lipinski definition) is 2. The van der Waals surface area contributed by atoms with Crippen LogP contribution in [-0.2, 0) is 9.84 Å². The zero-order valence-corrected chi connectivity index (χ0v) is 11.3. The highest BCUT2D eigenvalue weighted by molar-refractivity contribution is 7.90. The minimum Gasteiger partial charge on any atom is -0.305 e. The Morgan fingerprint density at radius 1 is 1.11 bits per heavy atom. The number of nitrogens with zero attached hydrogens (tertiary/aromatic N) is 1. The van der Waals surface area contributed by atoms with Gasteiger partial charge in [0.2, 0.25) is 0 Å². The summed E-state index contributed by atoms with van der Waals surface area (Å²) < 4.78 is 38.1. The second-order valence-electron chi connectivity index (χ2n) is 4.33. The summed E-state index contributed by atoms with van der Waals surface area (Å²) in [4.78, 5) is 0. The van der Waals surface area contributed by atoms with Gasteiger partial charge in [-0.25, -0.2) is 12.8 Å². The molecule has 3 nitrogen and oxygen atoms in total. The van der Waals surface area contributed by atoms with E-state index in [1.54, 1.807) is 22.8 Å². The number of sulfone groups is 1. The lowest BCUT2D eigenvalue weighted by Crippen LogP contribution is -2.07. The Hall–Kier alpha value is -1.62. The normalized spacial score (nSPS) is 11.8. The lowest BCUT2D eigenvalue weighted by molar-refractivity contribution is 0.595. The van der Waals surface area contributed by atoms with E-state index in [9.17, 15) is 12.8 Å². The highest BCUT2D eigenvalue weighted by Gasteiger charge is 2.18. The first-order valence-electron chi connectivity index (χ1n) is 5.45. The maximum atomic E-state index is 12.9. The molecule has 5 heteroatoms. The molecule has 0 spiro atoms. The highest BCUT2D eigenvalue weighted by atomic mass is 32.2. The molecule has 0 radical (unpaired) electrons. The largest absolute Gasteiger partial charge is 0.305 e. The average molecular weight is 267 g/mol. The van der Waals surface area contributed by atoms with Crippen LogP contribution in [0.25, 0.3) is 5.69 Å². The van der Waals surface area contributed by atoms with Crippen molar-refractivity contribution in [2.45, 2.75) is 18.9 Å². The van der Waals surface area contributed by atoms with Crippen LogP contribution < -0.4 is 0 Å². The number of halogens is 1. The Kier molecular flexibility index (Phi) is 3.02. The smallest absolute Gasteiger partial charge is 0.191 e. The van der Waals surface area contributed by atoms with Gasteiger partial charge in [0, 0.05) is 17.6 Å². The first-order valence-corrected chi connectivity index (χ1v) is 7.35. The van der Waals surface area contributed by atoms with Gasteiger partial charge in [-0.1, -0.05) is 0 Å². The van der Waals surface area contributed by atoms with Gasteiger partial charge in [0.05, 0.1) is 0 Å². The summed E-state index contributed by atoms with van der Waals surface area (Å²) in [5.74, 6) is -0.346. The summed E-state index contributed by atoms with van der Waals surface area (Å²) in [7, 11) is -3.32. The predicted octanol–water partition coefficient (Wildman–Crippen LogP) is 2.64. The minimum absolute atomic E-state index is 0.226. The molecule has 1 heterocycles. The summed E-state index contributed by atoms with van der Waals surface area (Å²) in [6.45, 7) is 3.69. The quantitative estimate of drug-likeness (QED) is 0.839. The van der Waals surface area contributed by atoms with Crippen molar-refractivity contribution in [3.8, 4) is 5.69 Å². The first kappa shape index (κ1) is 12.8. The van der Waals surface area contributed by atoms with Crippen molar-refractivity contribution < 1.29 is 12.8 Å². The molecule has 0 aliphatic rings. The molecule has 0 fully saturated rings. The molecule has 1 aromatic carbocycles. The Balaban J connectivity index is 2.74. The van der Waals surface area contributed by atoms with Crippen LogP contribution >= 0.6 is 0 Å².